The summed E-state index contributed by atoms with van der Waals surface area (Å²) in [4.78, 5) is 4.35. The lowest BCUT2D eigenvalue weighted by Gasteiger charge is -2.05. The van der Waals surface area contributed by atoms with Crippen LogP contribution in [0.25, 0.3) is 22.4 Å². The molecule has 0 radical (unpaired) electrons. The summed E-state index contributed by atoms with van der Waals surface area (Å²) in [5.74, 6) is 0.288. The summed E-state index contributed by atoms with van der Waals surface area (Å²) in [6, 6.07) is 9.14. The molecule has 0 aliphatic heterocycles. The van der Waals surface area contributed by atoms with Gasteiger partial charge >= 0.3 is 0 Å². The smallest absolute Gasteiger partial charge is 0.144 e. The van der Waals surface area contributed by atoms with Crippen LogP contribution in [0.5, 0.6) is 5.75 Å². The maximum Gasteiger partial charge on any atom is 0.144 e. The molecule has 0 unspecified atom stereocenters. The summed E-state index contributed by atoms with van der Waals surface area (Å²) in [5, 5.41) is 10.4. The second-order valence-electron chi connectivity index (χ2n) is 4.29. The summed E-state index contributed by atoms with van der Waals surface area (Å²) in [6.07, 6.45) is 0. The molecule has 96 valence electrons. The van der Waals surface area contributed by atoms with E-state index in [0.717, 1.165) is 5.52 Å². The molecule has 3 aromatic rings. The number of fused-ring (bicyclic) bond motifs is 1. The Kier molecular flexibility index (Phi) is 2.68. The molecule has 0 aliphatic rings. The predicted molar refractivity (Wildman–Crippen MR) is 72.8 cm³/mol. The van der Waals surface area contributed by atoms with Gasteiger partial charge in [0, 0.05) is 18.1 Å². The van der Waals surface area contributed by atoms with Crippen LogP contribution in [0, 0.1) is 5.82 Å². The lowest BCUT2D eigenvalue weighted by Crippen LogP contribution is -1.92. The number of halogens is 2. The number of hydrogen-bond acceptors (Lipinski definition) is 2. The van der Waals surface area contributed by atoms with Crippen molar-refractivity contribution in [2.24, 2.45) is 7.05 Å². The number of benzene rings is 2. The third-order valence-electron chi connectivity index (χ3n) is 3.04. The third-order valence-corrected chi connectivity index (χ3v) is 3.28. The van der Waals surface area contributed by atoms with Crippen molar-refractivity contribution in [3.8, 4) is 17.1 Å². The molecule has 0 fully saturated rings. The third kappa shape index (κ3) is 1.94. The van der Waals surface area contributed by atoms with Gasteiger partial charge in [0.1, 0.15) is 17.4 Å². The van der Waals surface area contributed by atoms with Gasteiger partial charge in [0.25, 0.3) is 0 Å². The zero-order valence-electron chi connectivity index (χ0n) is 10.1. The molecule has 0 aliphatic carbocycles. The van der Waals surface area contributed by atoms with Crippen LogP contribution < -0.4 is 0 Å². The van der Waals surface area contributed by atoms with Crippen LogP contribution in [-0.4, -0.2) is 14.7 Å². The molecule has 2 aromatic carbocycles. The van der Waals surface area contributed by atoms with Crippen molar-refractivity contribution >= 4 is 22.6 Å². The number of phenolic OH excluding ortho intramolecular Hbond substituents is 1. The fourth-order valence-corrected chi connectivity index (χ4v) is 2.27. The highest BCUT2D eigenvalue weighted by Crippen LogP contribution is 2.32. The van der Waals surface area contributed by atoms with E-state index in [2.05, 4.69) is 4.98 Å². The topological polar surface area (TPSA) is 38.0 Å². The van der Waals surface area contributed by atoms with Crippen molar-refractivity contribution in [1.29, 1.82) is 0 Å². The lowest BCUT2D eigenvalue weighted by molar-refractivity contribution is 0.476. The summed E-state index contributed by atoms with van der Waals surface area (Å²) >= 11 is 5.93. The van der Waals surface area contributed by atoms with Crippen LogP contribution in [0.4, 0.5) is 4.39 Å². The van der Waals surface area contributed by atoms with E-state index in [1.807, 2.05) is 7.05 Å². The van der Waals surface area contributed by atoms with Crippen LogP contribution in [0.3, 0.4) is 0 Å². The Bertz CT molecular complexity index is 782. The van der Waals surface area contributed by atoms with Gasteiger partial charge in [-0.1, -0.05) is 11.6 Å². The fourth-order valence-electron chi connectivity index (χ4n) is 2.10. The van der Waals surface area contributed by atoms with Crippen molar-refractivity contribution in [2.75, 3.05) is 0 Å². The van der Waals surface area contributed by atoms with E-state index in [1.54, 1.807) is 22.8 Å². The molecule has 1 aromatic heterocycles. The van der Waals surface area contributed by atoms with Crippen molar-refractivity contribution < 1.29 is 9.50 Å². The molecule has 3 rings (SSSR count). The van der Waals surface area contributed by atoms with Crippen LogP contribution in [0.15, 0.2) is 36.4 Å². The number of phenols is 1. The molecule has 5 heteroatoms. The van der Waals surface area contributed by atoms with E-state index in [1.165, 1.54) is 18.2 Å². The molecule has 19 heavy (non-hydrogen) atoms. The molecule has 0 atom stereocenters. The number of aromatic nitrogens is 2. The Morgan fingerprint density at radius 1 is 1.21 bits per heavy atom. The first-order valence-electron chi connectivity index (χ1n) is 5.67. The Morgan fingerprint density at radius 3 is 2.79 bits per heavy atom. The van der Waals surface area contributed by atoms with Crippen LogP contribution in [0.2, 0.25) is 5.02 Å². The van der Waals surface area contributed by atoms with Crippen molar-refractivity contribution in [1.82, 2.24) is 9.55 Å². The standard InChI is InChI=1S/C14H10ClFN2O/c1-18-12-4-3-9(16)7-11(12)17-14(18)10-6-8(15)2-5-13(10)19/h2-7,19H,1H3. The summed E-state index contributed by atoms with van der Waals surface area (Å²) in [7, 11) is 1.81. The predicted octanol–water partition coefficient (Wildman–Crippen LogP) is 3.74. The van der Waals surface area contributed by atoms with Gasteiger partial charge in [-0.3, -0.25) is 0 Å². The molecular formula is C14H10ClFN2O. The molecule has 0 amide bonds. The fraction of sp³-hybridized carbons (Fsp3) is 0.0714. The zero-order chi connectivity index (χ0) is 13.6. The number of rotatable bonds is 1. The molecule has 3 nitrogen and oxygen atoms in total. The van der Waals surface area contributed by atoms with Crippen LogP contribution in [-0.2, 0) is 7.05 Å². The van der Waals surface area contributed by atoms with Crippen molar-refractivity contribution in [3.63, 3.8) is 0 Å². The number of aryl methyl sites for hydroxylation is 1. The van der Waals surface area contributed by atoms with E-state index in [0.29, 0.717) is 21.9 Å². The van der Waals surface area contributed by atoms with Gasteiger partial charge in [0.05, 0.1) is 16.6 Å². The van der Waals surface area contributed by atoms with E-state index in [4.69, 9.17) is 11.6 Å². The average molecular weight is 277 g/mol. The molecule has 0 saturated carbocycles. The van der Waals surface area contributed by atoms with E-state index < -0.39 is 0 Å². The summed E-state index contributed by atoms with van der Waals surface area (Å²) < 4.78 is 15.0. The van der Waals surface area contributed by atoms with Gasteiger partial charge in [-0.25, -0.2) is 9.37 Å². The Balaban J connectivity index is 2.30. The van der Waals surface area contributed by atoms with E-state index in [-0.39, 0.29) is 11.6 Å². The minimum absolute atomic E-state index is 0.0864. The lowest BCUT2D eigenvalue weighted by atomic mass is 10.2. The number of imidazole rings is 1. The van der Waals surface area contributed by atoms with Crippen molar-refractivity contribution in [3.05, 3.63) is 47.2 Å². The van der Waals surface area contributed by atoms with Gasteiger partial charge in [-0.2, -0.15) is 0 Å². The normalized spacial score (nSPS) is 11.1. The highest BCUT2D eigenvalue weighted by molar-refractivity contribution is 6.30. The second kappa shape index (κ2) is 4.24. The van der Waals surface area contributed by atoms with Gasteiger partial charge in [-0.05, 0) is 30.3 Å². The highest BCUT2D eigenvalue weighted by atomic mass is 35.5. The maximum absolute atomic E-state index is 13.2. The SMILES string of the molecule is Cn1c(-c2cc(Cl)ccc2O)nc2cc(F)ccc21. The quantitative estimate of drug-likeness (QED) is 0.735. The van der Waals surface area contributed by atoms with Crippen molar-refractivity contribution in [2.45, 2.75) is 0 Å². The summed E-state index contributed by atoms with van der Waals surface area (Å²) in [6.45, 7) is 0. The second-order valence-corrected chi connectivity index (χ2v) is 4.73. The Labute approximate surface area is 113 Å². The summed E-state index contributed by atoms with van der Waals surface area (Å²) in [5.41, 5.74) is 1.85. The number of hydrogen-bond donors (Lipinski definition) is 1. The monoisotopic (exact) mass is 276 g/mol. The minimum Gasteiger partial charge on any atom is -0.507 e. The first-order valence-corrected chi connectivity index (χ1v) is 6.05. The van der Waals surface area contributed by atoms with Gasteiger partial charge in [-0.15, -0.1) is 0 Å². The Morgan fingerprint density at radius 2 is 2.00 bits per heavy atom. The largest absolute Gasteiger partial charge is 0.507 e. The van der Waals surface area contributed by atoms with E-state index in [9.17, 15) is 9.50 Å². The minimum atomic E-state index is -0.340. The zero-order valence-corrected chi connectivity index (χ0v) is 10.8. The highest BCUT2D eigenvalue weighted by Gasteiger charge is 2.14. The molecule has 0 bridgehead atoms. The molecular weight excluding hydrogens is 267 g/mol. The van der Waals surface area contributed by atoms with Gasteiger partial charge < -0.3 is 9.67 Å². The first kappa shape index (κ1) is 12.0. The van der Waals surface area contributed by atoms with Gasteiger partial charge in [0.15, 0.2) is 0 Å². The number of nitrogens with zero attached hydrogens (tertiary/aromatic N) is 2. The molecule has 0 saturated heterocycles. The van der Waals surface area contributed by atoms with E-state index >= 15 is 0 Å². The average Bonchev–Trinajstić information content (AvgIpc) is 2.69. The molecule has 0 spiro atoms. The first-order chi connectivity index (χ1) is 9.06. The molecule has 1 N–H and O–H groups in total. The molecule has 1 heterocycles. The van der Waals surface area contributed by atoms with Crippen LogP contribution >= 0.6 is 11.6 Å². The maximum atomic E-state index is 13.2. The Hall–Kier alpha value is -2.07. The number of aromatic hydroxyl groups is 1. The van der Waals surface area contributed by atoms with Crippen LogP contribution in [0.1, 0.15) is 0 Å². The van der Waals surface area contributed by atoms with Gasteiger partial charge in [0.2, 0.25) is 0 Å².